The molecule has 0 saturated heterocycles. The molecule has 0 saturated carbocycles. The van der Waals surface area contributed by atoms with Crippen LogP contribution in [0.2, 0.25) is 0 Å². The summed E-state index contributed by atoms with van der Waals surface area (Å²) in [5.41, 5.74) is 2.19. The van der Waals surface area contributed by atoms with Crippen molar-refractivity contribution in [1.82, 2.24) is 5.16 Å². The number of nitrogens with zero attached hydrogens (tertiary/aromatic N) is 1. The fraction of sp³-hybridized carbons (Fsp3) is 0.353. The van der Waals surface area contributed by atoms with E-state index in [1.54, 1.807) is 25.1 Å². The van der Waals surface area contributed by atoms with Crippen molar-refractivity contribution >= 4 is 17.8 Å². The predicted molar refractivity (Wildman–Crippen MR) is 85.3 cm³/mol. The molecule has 0 bridgehead atoms. The van der Waals surface area contributed by atoms with Gasteiger partial charge in [-0.2, -0.15) is 0 Å². The normalized spacial score (nSPS) is 12.0. The molecule has 2 aromatic rings. The van der Waals surface area contributed by atoms with Crippen molar-refractivity contribution in [3.63, 3.8) is 0 Å². The standard InChI is InChI=1S/C17H20N2O4/c1-10(2)13-5-7-14(8-6-13)17(21)22-12(4)16(20)18-15-9-11(3)19-23-15/h5-10,12H,1-4H3,(H,18,20). The van der Waals surface area contributed by atoms with Gasteiger partial charge in [-0.3, -0.25) is 10.1 Å². The van der Waals surface area contributed by atoms with Crippen molar-refractivity contribution in [1.29, 1.82) is 0 Å². The number of hydrogen-bond donors (Lipinski definition) is 1. The van der Waals surface area contributed by atoms with Crippen LogP contribution in [0, 0.1) is 6.92 Å². The molecule has 0 spiro atoms. The lowest BCUT2D eigenvalue weighted by Crippen LogP contribution is -2.29. The first-order valence-corrected chi connectivity index (χ1v) is 7.42. The number of anilines is 1. The van der Waals surface area contributed by atoms with E-state index in [0.717, 1.165) is 5.56 Å². The van der Waals surface area contributed by atoms with Gasteiger partial charge in [-0.05, 0) is 37.5 Å². The number of hydrogen-bond acceptors (Lipinski definition) is 5. The van der Waals surface area contributed by atoms with E-state index in [2.05, 4.69) is 24.3 Å². The fourth-order valence-corrected chi connectivity index (χ4v) is 1.93. The first-order valence-electron chi connectivity index (χ1n) is 7.42. The molecule has 122 valence electrons. The molecule has 1 heterocycles. The molecular formula is C17H20N2O4. The van der Waals surface area contributed by atoms with Crippen molar-refractivity contribution in [2.45, 2.75) is 39.7 Å². The van der Waals surface area contributed by atoms with Crippen LogP contribution >= 0.6 is 0 Å². The number of ether oxygens (including phenoxy) is 1. The summed E-state index contributed by atoms with van der Waals surface area (Å²) in [6, 6.07) is 8.73. The van der Waals surface area contributed by atoms with Gasteiger partial charge in [0.2, 0.25) is 5.88 Å². The fourth-order valence-electron chi connectivity index (χ4n) is 1.93. The first-order chi connectivity index (χ1) is 10.9. The number of esters is 1. The van der Waals surface area contributed by atoms with Crippen LogP contribution in [0.3, 0.4) is 0 Å². The van der Waals surface area contributed by atoms with E-state index in [0.29, 0.717) is 17.2 Å². The molecular weight excluding hydrogens is 296 g/mol. The second kappa shape index (κ2) is 7.09. The van der Waals surface area contributed by atoms with E-state index in [9.17, 15) is 9.59 Å². The van der Waals surface area contributed by atoms with Gasteiger partial charge < -0.3 is 9.26 Å². The van der Waals surface area contributed by atoms with Crippen LogP contribution in [-0.4, -0.2) is 23.1 Å². The predicted octanol–water partition coefficient (Wildman–Crippen LogP) is 3.29. The largest absolute Gasteiger partial charge is 0.449 e. The number of carbonyl (C=O) groups excluding carboxylic acids is 2. The Bertz CT molecular complexity index is 689. The van der Waals surface area contributed by atoms with Gasteiger partial charge in [0.1, 0.15) is 0 Å². The maximum atomic E-state index is 12.1. The van der Waals surface area contributed by atoms with Crippen LogP contribution in [-0.2, 0) is 9.53 Å². The maximum absolute atomic E-state index is 12.1. The Morgan fingerprint density at radius 1 is 1.17 bits per heavy atom. The SMILES string of the molecule is Cc1cc(NC(=O)C(C)OC(=O)c2ccc(C(C)C)cc2)on1. The minimum Gasteiger partial charge on any atom is -0.449 e. The van der Waals surface area contributed by atoms with Crippen LogP contribution in [0.5, 0.6) is 0 Å². The molecule has 0 radical (unpaired) electrons. The van der Waals surface area contributed by atoms with E-state index in [4.69, 9.17) is 9.26 Å². The number of amides is 1. The lowest BCUT2D eigenvalue weighted by Gasteiger charge is -2.12. The average molecular weight is 316 g/mol. The smallest absolute Gasteiger partial charge is 0.338 e. The van der Waals surface area contributed by atoms with E-state index >= 15 is 0 Å². The number of aryl methyl sites for hydroxylation is 1. The zero-order valence-electron chi connectivity index (χ0n) is 13.6. The summed E-state index contributed by atoms with van der Waals surface area (Å²) in [5.74, 6) is -0.420. The molecule has 2 rings (SSSR count). The monoisotopic (exact) mass is 316 g/mol. The van der Waals surface area contributed by atoms with Crippen LogP contribution in [0.25, 0.3) is 0 Å². The van der Waals surface area contributed by atoms with Crippen molar-refractivity contribution in [3.8, 4) is 0 Å². The first kappa shape index (κ1) is 16.7. The quantitative estimate of drug-likeness (QED) is 0.856. The highest BCUT2D eigenvalue weighted by atomic mass is 16.5. The second-order valence-electron chi connectivity index (χ2n) is 5.65. The summed E-state index contributed by atoms with van der Waals surface area (Å²) in [6.07, 6.45) is -0.947. The van der Waals surface area contributed by atoms with E-state index in [-0.39, 0.29) is 5.88 Å². The zero-order chi connectivity index (χ0) is 17.0. The third-order valence-electron chi connectivity index (χ3n) is 3.34. The summed E-state index contributed by atoms with van der Waals surface area (Å²) in [6.45, 7) is 7.39. The van der Waals surface area contributed by atoms with E-state index in [1.165, 1.54) is 6.92 Å². The molecule has 1 N–H and O–H groups in total. The molecule has 6 nitrogen and oxygen atoms in total. The van der Waals surface area contributed by atoms with Gasteiger partial charge >= 0.3 is 5.97 Å². The Hall–Kier alpha value is -2.63. The van der Waals surface area contributed by atoms with Gasteiger partial charge in [0.25, 0.3) is 5.91 Å². The summed E-state index contributed by atoms with van der Waals surface area (Å²) in [4.78, 5) is 24.0. The minimum absolute atomic E-state index is 0.219. The summed E-state index contributed by atoms with van der Waals surface area (Å²) in [7, 11) is 0. The number of benzene rings is 1. The van der Waals surface area contributed by atoms with Gasteiger partial charge in [-0.15, -0.1) is 0 Å². The van der Waals surface area contributed by atoms with Crippen LogP contribution in [0.15, 0.2) is 34.9 Å². The van der Waals surface area contributed by atoms with Gasteiger partial charge in [0.15, 0.2) is 6.10 Å². The van der Waals surface area contributed by atoms with Crippen LogP contribution in [0.1, 0.15) is 48.3 Å². The van der Waals surface area contributed by atoms with Gasteiger partial charge in [-0.1, -0.05) is 31.1 Å². The second-order valence-corrected chi connectivity index (χ2v) is 5.65. The van der Waals surface area contributed by atoms with Gasteiger partial charge in [0.05, 0.1) is 11.3 Å². The summed E-state index contributed by atoms with van der Waals surface area (Å²) in [5, 5.41) is 6.16. The van der Waals surface area contributed by atoms with Crippen molar-refractivity contribution in [3.05, 3.63) is 47.2 Å². The molecule has 1 aromatic heterocycles. The Balaban J connectivity index is 1.94. The Labute approximate surface area is 134 Å². The highest BCUT2D eigenvalue weighted by molar-refractivity contribution is 5.96. The minimum atomic E-state index is -0.947. The highest BCUT2D eigenvalue weighted by Gasteiger charge is 2.20. The van der Waals surface area contributed by atoms with Crippen molar-refractivity contribution < 1.29 is 18.8 Å². The molecule has 1 aromatic carbocycles. The van der Waals surface area contributed by atoms with Crippen molar-refractivity contribution in [2.75, 3.05) is 5.32 Å². The lowest BCUT2D eigenvalue weighted by molar-refractivity contribution is -0.123. The highest BCUT2D eigenvalue weighted by Crippen LogP contribution is 2.16. The average Bonchev–Trinajstić information content (AvgIpc) is 2.92. The number of nitrogens with one attached hydrogen (secondary N) is 1. The summed E-state index contributed by atoms with van der Waals surface area (Å²) >= 11 is 0. The summed E-state index contributed by atoms with van der Waals surface area (Å²) < 4.78 is 10.1. The van der Waals surface area contributed by atoms with Crippen LogP contribution in [0.4, 0.5) is 5.88 Å². The Morgan fingerprint density at radius 2 is 1.83 bits per heavy atom. The molecule has 0 aliphatic heterocycles. The van der Waals surface area contributed by atoms with Gasteiger partial charge in [-0.25, -0.2) is 4.79 Å². The maximum Gasteiger partial charge on any atom is 0.338 e. The molecule has 1 unspecified atom stereocenters. The molecule has 1 amide bonds. The lowest BCUT2D eigenvalue weighted by atomic mass is 10.0. The van der Waals surface area contributed by atoms with E-state index in [1.807, 2.05) is 12.1 Å². The molecule has 6 heteroatoms. The van der Waals surface area contributed by atoms with Gasteiger partial charge in [0, 0.05) is 6.07 Å². The molecule has 0 aliphatic rings. The third-order valence-corrected chi connectivity index (χ3v) is 3.34. The number of carbonyl (C=O) groups is 2. The number of rotatable bonds is 5. The Kier molecular flexibility index (Phi) is 5.16. The van der Waals surface area contributed by atoms with E-state index < -0.39 is 18.0 Å². The topological polar surface area (TPSA) is 81.4 Å². The molecule has 1 atom stereocenters. The Morgan fingerprint density at radius 3 is 2.35 bits per heavy atom. The van der Waals surface area contributed by atoms with Crippen LogP contribution < -0.4 is 5.32 Å². The third kappa shape index (κ3) is 4.42. The molecule has 23 heavy (non-hydrogen) atoms. The van der Waals surface area contributed by atoms with Crippen molar-refractivity contribution in [2.24, 2.45) is 0 Å². The number of aromatic nitrogens is 1. The zero-order valence-corrected chi connectivity index (χ0v) is 13.6. The molecule has 0 aliphatic carbocycles. The molecule has 0 fully saturated rings.